The van der Waals surface area contributed by atoms with Crippen molar-refractivity contribution in [3.63, 3.8) is 0 Å². The van der Waals surface area contributed by atoms with E-state index in [1.165, 1.54) is 0 Å². The minimum absolute atomic E-state index is 0.0750. The van der Waals surface area contributed by atoms with Gasteiger partial charge in [-0.05, 0) is 19.3 Å². The Kier molecular flexibility index (Phi) is 4.10. The van der Waals surface area contributed by atoms with Crippen LogP contribution in [-0.4, -0.2) is 47.3 Å². The number of nitrogens with one attached hydrogen (secondary N) is 2. The van der Waals surface area contributed by atoms with Crippen molar-refractivity contribution in [2.24, 2.45) is 0 Å². The number of amides is 1. The van der Waals surface area contributed by atoms with Crippen molar-refractivity contribution in [3.05, 3.63) is 0 Å². The second-order valence-electron chi connectivity index (χ2n) is 4.77. The van der Waals surface area contributed by atoms with Crippen LogP contribution >= 0.6 is 11.8 Å². The first-order valence-corrected chi connectivity index (χ1v) is 7.13. The lowest BCUT2D eigenvalue weighted by Gasteiger charge is -2.41. The van der Waals surface area contributed by atoms with Crippen LogP contribution in [0.3, 0.4) is 0 Å². The number of hydrogen-bond acceptors (Lipinski definition) is 4. The lowest BCUT2D eigenvalue weighted by Crippen LogP contribution is -2.57. The van der Waals surface area contributed by atoms with Crippen LogP contribution in [0.25, 0.3) is 0 Å². The Labute approximate surface area is 101 Å². The summed E-state index contributed by atoms with van der Waals surface area (Å²) in [5.74, 6) is 2.23. The highest BCUT2D eigenvalue weighted by atomic mass is 32.2. The summed E-state index contributed by atoms with van der Waals surface area (Å²) in [5.41, 5.74) is -0.293. The van der Waals surface area contributed by atoms with Gasteiger partial charge < -0.3 is 15.7 Å². The van der Waals surface area contributed by atoms with Crippen LogP contribution in [0.1, 0.15) is 25.7 Å². The minimum Gasteiger partial charge on any atom is -0.394 e. The molecule has 1 saturated carbocycles. The van der Waals surface area contributed by atoms with Gasteiger partial charge in [0.15, 0.2) is 0 Å². The van der Waals surface area contributed by atoms with Gasteiger partial charge in [-0.2, -0.15) is 11.8 Å². The molecule has 4 nitrogen and oxygen atoms in total. The maximum Gasteiger partial charge on any atom is 0.222 e. The normalized spacial score (nSPS) is 28.2. The van der Waals surface area contributed by atoms with Crippen LogP contribution < -0.4 is 10.6 Å². The molecule has 1 saturated heterocycles. The van der Waals surface area contributed by atoms with Crippen molar-refractivity contribution in [2.45, 2.75) is 37.3 Å². The van der Waals surface area contributed by atoms with E-state index in [1.807, 2.05) is 11.8 Å². The van der Waals surface area contributed by atoms with Gasteiger partial charge in [-0.1, -0.05) is 0 Å². The van der Waals surface area contributed by atoms with Gasteiger partial charge in [0, 0.05) is 30.5 Å². The molecule has 2 aliphatic rings. The highest BCUT2D eigenvalue weighted by Crippen LogP contribution is 2.31. The predicted octanol–water partition coefficient (Wildman–Crippen LogP) is 0.113. The largest absolute Gasteiger partial charge is 0.394 e. The molecular formula is C11H20N2O2S. The van der Waals surface area contributed by atoms with Crippen LogP contribution in [0.4, 0.5) is 0 Å². The summed E-state index contributed by atoms with van der Waals surface area (Å²) < 4.78 is 0. The highest BCUT2D eigenvalue weighted by Gasteiger charge is 2.37. The zero-order chi connectivity index (χ0) is 11.4. The average molecular weight is 244 g/mol. The third kappa shape index (κ3) is 2.90. The van der Waals surface area contributed by atoms with Crippen molar-refractivity contribution >= 4 is 17.7 Å². The molecule has 0 aromatic rings. The van der Waals surface area contributed by atoms with E-state index >= 15 is 0 Å². The number of rotatable bonds is 4. The summed E-state index contributed by atoms with van der Waals surface area (Å²) in [5, 5.41) is 15.6. The van der Waals surface area contributed by atoms with Crippen molar-refractivity contribution in [3.8, 4) is 0 Å². The van der Waals surface area contributed by atoms with E-state index in [0.29, 0.717) is 12.5 Å². The van der Waals surface area contributed by atoms with Gasteiger partial charge in [0.2, 0.25) is 5.91 Å². The Morgan fingerprint density at radius 3 is 2.88 bits per heavy atom. The number of carbonyl (C=O) groups excluding carboxylic acids is 1. The summed E-state index contributed by atoms with van der Waals surface area (Å²) in [6.07, 6.45) is 3.48. The molecule has 2 rings (SSSR count). The molecule has 0 bridgehead atoms. The molecule has 5 heteroatoms. The lowest BCUT2D eigenvalue weighted by atomic mass is 9.77. The molecule has 1 heterocycles. The highest BCUT2D eigenvalue weighted by molar-refractivity contribution is 7.99. The smallest absolute Gasteiger partial charge is 0.222 e. The third-order valence-corrected chi connectivity index (χ3v) is 4.58. The number of thioether (sulfide) groups is 1. The molecule has 2 fully saturated rings. The second-order valence-corrected chi connectivity index (χ2v) is 5.92. The van der Waals surface area contributed by atoms with Crippen LogP contribution in [0.2, 0.25) is 0 Å². The Morgan fingerprint density at radius 2 is 2.38 bits per heavy atom. The molecule has 0 aromatic carbocycles. The molecule has 1 aliphatic heterocycles. The molecule has 1 unspecified atom stereocenters. The fraction of sp³-hybridized carbons (Fsp3) is 0.909. The van der Waals surface area contributed by atoms with Crippen LogP contribution in [0.5, 0.6) is 0 Å². The van der Waals surface area contributed by atoms with Crippen molar-refractivity contribution in [1.29, 1.82) is 0 Å². The number of aliphatic hydroxyl groups is 1. The quantitative estimate of drug-likeness (QED) is 0.657. The maximum atomic E-state index is 11.8. The standard InChI is InChI=1S/C11H20N2O2S/c14-8-11(2-1-3-11)13-10(15)6-9-7-16-5-4-12-9/h9,12,14H,1-8H2,(H,13,15). The van der Waals surface area contributed by atoms with Crippen molar-refractivity contribution in [2.75, 3.05) is 24.7 Å². The summed E-state index contributed by atoms with van der Waals surface area (Å²) in [6, 6.07) is 0.301. The topological polar surface area (TPSA) is 61.4 Å². The van der Waals surface area contributed by atoms with Crippen molar-refractivity contribution < 1.29 is 9.90 Å². The zero-order valence-electron chi connectivity index (χ0n) is 9.50. The maximum absolute atomic E-state index is 11.8. The fourth-order valence-electron chi connectivity index (χ4n) is 2.25. The fourth-order valence-corrected chi connectivity index (χ4v) is 3.20. The number of hydrogen-bond donors (Lipinski definition) is 3. The van der Waals surface area contributed by atoms with E-state index < -0.39 is 0 Å². The van der Waals surface area contributed by atoms with Crippen LogP contribution in [-0.2, 0) is 4.79 Å². The Morgan fingerprint density at radius 1 is 1.56 bits per heavy atom. The van der Waals surface area contributed by atoms with E-state index in [0.717, 1.165) is 37.3 Å². The van der Waals surface area contributed by atoms with Gasteiger partial charge in [0.25, 0.3) is 0 Å². The summed E-state index contributed by atoms with van der Waals surface area (Å²) in [7, 11) is 0. The Hall–Kier alpha value is -0.260. The monoisotopic (exact) mass is 244 g/mol. The first-order valence-electron chi connectivity index (χ1n) is 5.97. The lowest BCUT2D eigenvalue weighted by molar-refractivity contribution is -0.125. The SMILES string of the molecule is O=C(CC1CSCCN1)NC1(CO)CCC1. The number of carbonyl (C=O) groups is 1. The average Bonchev–Trinajstić information content (AvgIpc) is 2.25. The summed E-state index contributed by atoms with van der Waals surface area (Å²) in [6.45, 7) is 1.07. The molecule has 16 heavy (non-hydrogen) atoms. The predicted molar refractivity (Wildman–Crippen MR) is 65.5 cm³/mol. The number of aliphatic hydroxyl groups excluding tert-OH is 1. The van der Waals surface area contributed by atoms with Gasteiger partial charge in [-0.25, -0.2) is 0 Å². The van der Waals surface area contributed by atoms with Gasteiger partial charge in [-0.3, -0.25) is 4.79 Å². The van der Waals surface area contributed by atoms with Gasteiger partial charge in [0.1, 0.15) is 0 Å². The van der Waals surface area contributed by atoms with E-state index in [-0.39, 0.29) is 18.1 Å². The van der Waals surface area contributed by atoms with E-state index in [9.17, 15) is 9.90 Å². The second kappa shape index (κ2) is 5.38. The third-order valence-electron chi connectivity index (χ3n) is 3.45. The first kappa shape index (κ1) is 12.2. The molecule has 3 N–H and O–H groups in total. The Balaban J connectivity index is 1.74. The molecule has 1 amide bonds. The molecule has 0 spiro atoms. The van der Waals surface area contributed by atoms with Gasteiger partial charge in [0.05, 0.1) is 12.1 Å². The molecule has 0 aromatic heterocycles. The van der Waals surface area contributed by atoms with Crippen LogP contribution in [0, 0.1) is 0 Å². The van der Waals surface area contributed by atoms with Crippen LogP contribution in [0.15, 0.2) is 0 Å². The van der Waals surface area contributed by atoms with E-state index in [1.54, 1.807) is 0 Å². The van der Waals surface area contributed by atoms with E-state index in [4.69, 9.17) is 0 Å². The molecular weight excluding hydrogens is 224 g/mol. The summed E-state index contributed by atoms with van der Waals surface area (Å²) >= 11 is 1.90. The molecule has 1 aliphatic carbocycles. The van der Waals surface area contributed by atoms with E-state index in [2.05, 4.69) is 10.6 Å². The van der Waals surface area contributed by atoms with Gasteiger partial charge in [-0.15, -0.1) is 0 Å². The van der Waals surface area contributed by atoms with Gasteiger partial charge >= 0.3 is 0 Å². The molecule has 1 atom stereocenters. The first-order chi connectivity index (χ1) is 7.74. The summed E-state index contributed by atoms with van der Waals surface area (Å²) in [4.78, 5) is 11.8. The zero-order valence-corrected chi connectivity index (χ0v) is 10.3. The molecule has 92 valence electrons. The molecule has 0 radical (unpaired) electrons. The Bertz CT molecular complexity index is 245. The minimum atomic E-state index is -0.293. The van der Waals surface area contributed by atoms with Crippen molar-refractivity contribution in [1.82, 2.24) is 10.6 Å².